The Hall–Kier alpha value is -2.03. The largest absolute Gasteiger partial charge is 0.294 e. The van der Waals surface area contributed by atoms with Gasteiger partial charge in [0.2, 0.25) is 0 Å². The molecule has 0 aliphatic carbocycles. The Bertz CT molecular complexity index is 675. The van der Waals surface area contributed by atoms with Gasteiger partial charge in [0.1, 0.15) is 11.6 Å². The van der Waals surface area contributed by atoms with E-state index in [1.165, 1.54) is 12.1 Å². The zero-order valence-corrected chi connectivity index (χ0v) is 11.8. The molecule has 2 aromatic carbocycles. The van der Waals surface area contributed by atoms with E-state index in [9.17, 15) is 13.6 Å². The molecule has 3 heteroatoms. The number of carbonyl (C=O) groups is 1. The molecule has 0 radical (unpaired) electrons. The maximum absolute atomic E-state index is 13.6. The fraction of sp³-hybridized carbons (Fsp3) is 0.235. The van der Waals surface area contributed by atoms with Gasteiger partial charge in [0, 0.05) is 18.1 Å². The zero-order valence-electron chi connectivity index (χ0n) is 11.8. The van der Waals surface area contributed by atoms with Crippen LogP contribution < -0.4 is 0 Å². The van der Waals surface area contributed by atoms with Gasteiger partial charge in [-0.1, -0.05) is 12.1 Å². The van der Waals surface area contributed by atoms with E-state index in [4.69, 9.17) is 0 Å². The van der Waals surface area contributed by atoms with Crippen LogP contribution in [0.2, 0.25) is 0 Å². The molecular weight excluding hydrogens is 258 g/mol. The summed E-state index contributed by atoms with van der Waals surface area (Å²) in [5.74, 6) is -1.47. The van der Waals surface area contributed by atoms with Gasteiger partial charge in [-0.3, -0.25) is 4.79 Å². The molecule has 0 unspecified atom stereocenters. The Balaban J connectivity index is 2.31. The number of carbonyl (C=O) groups excluding carboxylic acids is 1. The summed E-state index contributed by atoms with van der Waals surface area (Å²) in [5, 5.41) is 0. The molecule has 0 aromatic heterocycles. The quantitative estimate of drug-likeness (QED) is 0.762. The highest BCUT2D eigenvalue weighted by Gasteiger charge is 2.14. The highest BCUT2D eigenvalue weighted by Crippen LogP contribution is 2.19. The van der Waals surface area contributed by atoms with Gasteiger partial charge in [0.05, 0.1) is 0 Å². The first-order chi connectivity index (χ1) is 9.38. The van der Waals surface area contributed by atoms with Gasteiger partial charge in [0.25, 0.3) is 0 Å². The summed E-state index contributed by atoms with van der Waals surface area (Å²) in [6.45, 7) is 5.78. The second-order valence-corrected chi connectivity index (χ2v) is 5.09. The second-order valence-electron chi connectivity index (χ2n) is 5.09. The molecule has 0 saturated carbocycles. The van der Waals surface area contributed by atoms with Crippen LogP contribution in [0, 0.1) is 32.4 Å². The number of hydrogen-bond acceptors (Lipinski definition) is 1. The maximum atomic E-state index is 13.6. The van der Waals surface area contributed by atoms with Gasteiger partial charge in [-0.05, 0) is 55.2 Å². The van der Waals surface area contributed by atoms with Crippen molar-refractivity contribution in [3.05, 3.63) is 69.8 Å². The van der Waals surface area contributed by atoms with Gasteiger partial charge in [-0.15, -0.1) is 0 Å². The van der Waals surface area contributed by atoms with E-state index in [-0.39, 0.29) is 17.8 Å². The Labute approximate surface area is 117 Å². The highest BCUT2D eigenvalue weighted by molar-refractivity contribution is 5.99. The Kier molecular flexibility index (Phi) is 3.98. The molecule has 0 heterocycles. The van der Waals surface area contributed by atoms with Crippen molar-refractivity contribution < 1.29 is 13.6 Å². The fourth-order valence-corrected chi connectivity index (χ4v) is 2.19. The second kappa shape index (κ2) is 5.53. The van der Waals surface area contributed by atoms with Gasteiger partial charge in [-0.2, -0.15) is 0 Å². The van der Waals surface area contributed by atoms with E-state index >= 15 is 0 Å². The van der Waals surface area contributed by atoms with Crippen LogP contribution in [0.15, 0.2) is 30.3 Å². The van der Waals surface area contributed by atoms with Crippen molar-refractivity contribution in [3.63, 3.8) is 0 Å². The van der Waals surface area contributed by atoms with E-state index < -0.39 is 11.6 Å². The average Bonchev–Trinajstić information content (AvgIpc) is 2.37. The Morgan fingerprint density at radius 2 is 1.60 bits per heavy atom. The SMILES string of the molecule is Cc1cc(C)c(C(=O)Cc2ccc(F)cc2F)cc1C. The van der Waals surface area contributed by atoms with Gasteiger partial charge >= 0.3 is 0 Å². The topological polar surface area (TPSA) is 17.1 Å². The van der Waals surface area contributed by atoms with E-state index in [1.54, 1.807) is 0 Å². The van der Waals surface area contributed by atoms with Crippen molar-refractivity contribution in [2.45, 2.75) is 27.2 Å². The lowest BCUT2D eigenvalue weighted by Crippen LogP contribution is -2.08. The van der Waals surface area contributed by atoms with E-state index in [1.807, 2.05) is 32.9 Å². The lowest BCUT2D eigenvalue weighted by molar-refractivity contribution is 0.0991. The first-order valence-corrected chi connectivity index (χ1v) is 6.43. The van der Waals surface area contributed by atoms with Crippen molar-refractivity contribution in [2.24, 2.45) is 0 Å². The summed E-state index contributed by atoms with van der Waals surface area (Å²) < 4.78 is 26.4. The Morgan fingerprint density at radius 3 is 2.25 bits per heavy atom. The average molecular weight is 274 g/mol. The van der Waals surface area contributed by atoms with Crippen LogP contribution in [-0.4, -0.2) is 5.78 Å². The van der Waals surface area contributed by atoms with Crippen LogP contribution in [0.3, 0.4) is 0 Å². The minimum absolute atomic E-state index is 0.0601. The highest BCUT2D eigenvalue weighted by atomic mass is 19.1. The van der Waals surface area contributed by atoms with Gasteiger partial charge < -0.3 is 0 Å². The van der Waals surface area contributed by atoms with Crippen LogP contribution in [-0.2, 0) is 6.42 Å². The molecule has 0 spiro atoms. The van der Waals surface area contributed by atoms with Gasteiger partial charge in [0.15, 0.2) is 5.78 Å². The summed E-state index contributed by atoms with van der Waals surface area (Å²) in [4.78, 5) is 12.3. The minimum Gasteiger partial charge on any atom is -0.294 e. The van der Waals surface area contributed by atoms with E-state index in [2.05, 4.69) is 0 Å². The summed E-state index contributed by atoms with van der Waals surface area (Å²) >= 11 is 0. The molecule has 0 atom stereocenters. The summed E-state index contributed by atoms with van der Waals surface area (Å²) in [5.41, 5.74) is 3.83. The third-order valence-corrected chi connectivity index (χ3v) is 3.51. The molecule has 2 aromatic rings. The minimum atomic E-state index is -0.681. The smallest absolute Gasteiger partial charge is 0.167 e. The fourth-order valence-electron chi connectivity index (χ4n) is 2.19. The van der Waals surface area contributed by atoms with Crippen LogP contribution >= 0.6 is 0 Å². The molecule has 0 aliphatic heterocycles. The third-order valence-electron chi connectivity index (χ3n) is 3.51. The molecule has 0 amide bonds. The summed E-state index contributed by atoms with van der Waals surface area (Å²) in [6.07, 6.45) is -0.0601. The molecule has 0 bridgehead atoms. The number of halogens is 2. The van der Waals surface area contributed by atoms with E-state index in [0.717, 1.165) is 22.8 Å². The number of Topliss-reactive ketones (excluding diaryl/α,β-unsaturated/α-hetero) is 1. The molecule has 0 aliphatic rings. The van der Waals surface area contributed by atoms with E-state index in [0.29, 0.717) is 5.56 Å². The molecule has 2 rings (SSSR count). The van der Waals surface area contributed by atoms with Gasteiger partial charge in [-0.25, -0.2) is 8.78 Å². The molecule has 0 saturated heterocycles. The molecule has 0 fully saturated rings. The van der Waals surface area contributed by atoms with Crippen molar-refractivity contribution >= 4 is 5.78 Å². The monoisotopic (exact) mass is 274 g/mol. The van der Waals surface area contributed by atoms with Crippen molar-refractivity contribution in [1.29, 1.82) is 0 Å². The lowest BCUT2D eigenvalue weighted by atomic mass is 9.95. The standard InChI is InChI=1S/C17H16F2O/c1-10-6-12(3)15(7-11(10)2)17(20)8-13-4-5-14(18)9-16(13)19/h4-7,9H,8H2,1-3H3. The molecule has 104 valence electrons. The number of benzene rings is 2. The van der Waals surface area contributed by atoms with Crippen LogP contribution in [0.5, 0.6) is 0 Å². The summed E-state index contributed by atoms with van der Waals surface area (Å²) in [6, 6.07) is 7.06. The zero-order chi connectivity index (χ0) is 14.9. The van der Waals surface area contributed by atoms with Crippen LogP contribution in [0.25, 0.3) is 0 Å². The first kappa shape index (κ1) is 14.4. The predicted octanol–water partition coefficient (Wildman–Crippen LogP) is 4.32. The molecular formula is C17H16F2O. The molecule has 20 heavy (non-hydrogen) atoms. The number of rotatable bonds is 3. The molecule has 1 nitrogen and oxygen atoms in total. The maximum Gasteiger partial charge on any atom is 0.167 e. The predicted molar refractivity (Wildman–Crippen MR) is 75.0 cm³/mol. The normalized spacial score (nSPS) is 10.7. The van der Waals surface area contributed by atoms with Crippen LogP contribution in [0.4, 0.5) is 8.78 Å². The van der Waals surface area contributed by atoms with Crippen LogP contribution in [0.1, 0.15) is 32.6 Å². The Morgan fingerprint density at radius 1 is 0.950 bits per heavy atom. The number of aryl methyl sites for hydroxylation is 3. The van der Waals surface area contributed by atoms with Crippen molar-refractivity contribution in [2.75, 3.05) is 0 Å². The molecule has 0 N–H and O–H groups in total. The lowest BCUT2D eigenvalue weighted by Gasteiger charge is -2.09. The number of hydrogen-bond donors (Lipinski definition) is 0. The van der Waals surface area contributed by atoms with Crippen molar-refractivity contribution in [3.8, 4) is 0 Å². The number of ketones is 1. The first-order valence-electron chi connectivity index (χ1n) is 6.43. The summed E-state index contributed by atoms with van der Waals surface area (Å²) in [7, 11) is 0. The van der Waals surface area contributed by atoms with Crippen molar-refractivity contribution in [1.82, 2.24) is 0 Å². The third kappa shape index (κ3) is 2.93.